The molecule has 1 N–H and O–H groups in total. The van der Waals surface area contributed by atoms with E-state index in [2.05, 4.69) is 15.5 Å². The highest BCUT2D eigenvalue weighted by Crippen LogP contribution is 2.26. The third-order valence-corrected chi connectivity index (χ3v) is 8.70. The number of hydrogen-bond donors (Lipinski definition) is 1. The monoisotopic (exact) mass is 497 g/mol. The van der Waals surface area contributed by atoms with E-state index >= 15 is 0 Å². The Morgan fingerprint density at radius 2 is 1.94 bits per heavy atom. The first-order valence-corrected chi connectivity index (χ1v) is 12.9. The van der Waals surface area contributed by atoms with E-state index in [4.69, 9.17) is 4.42 Å². The molecule has 0 radical (unpaired) electrons. The van der Waals surface area contributed by atoms with Gasteiger partial charge in [-0.2, -0.15) is 4.31 Å². The summed E-state index contributed by atoms with van der Waals surface area (Å²) in [5.74, 6) is 0.0591. The Labute approximate surface area is 192 Å². The number of piperazine rings is 1. The highest BCUT2D eigenvalue weighted by atomic mass is 32.2. The van der Waals surface area contributed by atoms with Crippen LogP contribution in [0.25, 0.3) is 0 Å². The largest absolute Gasteiger partial charge is 0.467 e. The summed E-state index contributed by atoms with van der Waals surface area (Å²) < 4.78 is 46.4. The molecule has 4 rings (SSSR count). The first-order chi connectivity index (χ1) is 15.4. The van der Waals surface area contributed by atoms with Gasteiger partial charge in [-0.1, -0.05) is 35.2 Å². The molecule has 0 aliphatic carbocycles. The van der Waals surface area contributed by atoms with E-state index < -0.39 is 15.8 Å². The number of benzene rings is 1. The number of carbonyl (C=O) groups is 1. The summed E-state index contributed by atoms with van der Waals surface area (Å²) in [7, 11) is -3.93. The van der Waals surface area contributed by atoms with Crippen LogP contribution in [0.4, 0.5) is 9.52 Å². The molecule has 3 aromatic rings. The molecule has 0 bridgehead atoms. The maximum Gasteiger partial charge on any atom is 0.246 e. The minimum absolute atomic E-state index is 0.113. The lowest BCUT2D eigenvalue weighted by Gasteiger charge is -2.34. The number of furan rings is 1. The maximum absolute atomic E-state index is 13.9. The minimum atomic E-state index is -3.93. The first-order valence-electron chi connectivity index (χ1n) is 9.68. The number of rotatable bonds is 8. The van der Waals surface area contributed by atoms with Crippen molar-refractivity contribution in [1.29, 1.82) is 0 Å². The summed E-state index contributed by atoms with van der Waals surface area (Å²) in [6.45, 7) is 1.23. The number of nitrogens with zero attached hydrogens (tertiary/aromatic N) is 4. The van der Waals surface area contributed by atoms with Crippen LogP contribution in [0.5, 0.6) is 0 Å². The Kier molecular flexibility index (Phi) is 7.08. The molecular weight excluding hydrogens is 477 g/mol. The Morgan fingerprint density at radius 1 is 1.16 bits per heavy atom. The van der Waals surface area contributed by atoms with Gasteiger partial charge in [0.25, 0.3) is 0 Å². The number of amides is 1. The molecule has 0 atom stereocenters. The van der Waals surface area contributed by atoms with Crippen molar-refractivity contribution in [2.45, 2.75) is 15.8 Å². The molecule has 170 valence electrons. The molecule has 1 saturated heterocycles. The minimum Gasteiger partial charge on any atom is -0.467 e. The van der Waals surface area contributed by atoms with Gasteiger partial charge in [-0.15, -0.1) is 10.2 Å². The average molecular weight is 498 g/mol. The van der Waals surface area contributed by atoms with Crippen molar-refractivity contribution in [1.82, 2.24) is 19.4 Å². The Balaban J connectivity index is 1.25. The summed E-state index contributed by atoms with van der Waals surface area (Å²) in [6.07, 6.45) is 1.60. The molecule has 1 aliphatic heterocycles. The van der Waals surface area contributed by atoms with Gasteiger partial charge in [0.2, 0.25) is 21.1 Å². The van der Waals surface area contributed by atoms with E-state index in [1.807, 2.05) is 6.07 Å². The van der Waals surface area contributed by atoms with Crippen LogP contribution in [0, 0.1) is 5.82 Å². The second kappa shape index (κ2) is 9.98. The Hall–Kier alpha value is -2.48. The van der Waals surface area contributed by atoms with Gasteiger partial charge in [0.05, 0.1) is 18.6 Å². The van der Waals surface area contributed by atoms with Crippen molar-refractivity contribution in [3.63, 3.8) is 0 Å². The van der Waals surface area contributed by atoms with E-state index in [1.54, 1.807) is 17.2 Å². The predicted octanol–water partition coefficient (Wildman–Crippen LogP) is 2.51. The summed E-state index contributed by atoms with van der Waals surface area (Å²) in [5.41, 5.74) is 0. The highest BCUT2D eigenvalue weighted by molar-refractivity contribution is 8.01. The third-order valence-electron chi connectivity index (χ3n) is 4.77. The van der Waals surface area contributed by atoms with Gasteiger partial charge in [-0.3, -0.25) is 4.79 Å². The zero-order chi connectivity index (χ0) is 22.6. The van der Waals surface area contributed by atoms with E-state index in [9.17, 15) is 17.6 Å². The molecule has 1 fully saturated rings. The van der Waals surface area contributed by atoms with Gasteiger partial charge in [0.1, 0.15) is 16.5 Å². The smallest absolute Gasteiger partial charge is 0.246 e. The lowest BCUT2D eigenvalue weighted by atomic mass is 10.3. The number of anilines is 1. The molecule has 1 amide bonds. The number of aromatic nitrogens is 2. The second-order valence-corrected chi connectivity index (χ2v) is 10.9. The summed E-state index contributed by atoms with van der Waals surface area (Å²) in [5, 5.41) is 11.8. The van der Waals surface area contributed by atoms with Crippen LogP contribution in [0.1, 0.15) is 5.76 Å². The van der Waals surface area contributed by atoms with Crippen LogP contribution in [0.2, 0.25) is 0 Å². The van der Waals surface area contributed by atoms with Crippen LogP contribution in [-0.2, 0) is 21.4 Å². The van der Waals surface area contributed by atoms with Gasteiger partial charge in [0, 0.05) is 26.2 Å². The Bertz CT molecular complexity index is 1160. The molecular formula is C19H20FN5O4S3. The topological polar surface area (TPSA) is 109 Å². The van der Waals surface area contributed by atoms with Crippen LogP contribution in [-0.4, -0.2) is 65.7 Å². The highest BCUT2D eigenvalue weighted by Gasteiger charge is 2.31. The number of nitrogens with one attached hydrogen (secondary N) is 1. The molecule has 2 aromatic heterocycles. The fourth-order valence-electron chi connectivity index (χ4n) is 3.10. The Morgan fingerprint density at radius 3 is 2.66 bits per heavy atom. The summed E-state index contributed by atoms with van der Waals surface area (Å²) in [4.78, 5) is 13.8. The van der Waals surface area contributed by atoms with Crippen LogP contribution < -0.4 is 5.32 Å². The standard InChI is InChI=1S/C19H20FN5O4S3/c20-15-5-1-2-6-16(15)32(27,28)25-9-7-24(8-10-25)17(26)13-30-19-23-22-18(31-19)21-12-14-4-3-11-29-14/h1-6,11H,7-10,12-13H2,(H,21,22). The first kappa shape index (κ1) is 22.7. The van der Waals surface area contributed by atoms with Gasteiger partial charge < -0.3 is 14.6 Å². The predicted molar refractivity (Wildman–Crippen MR) is 118 cm³/mol. The normalized spacial score (nSPS) is 15.1. The van der Waals surface area contributed by atoms with Gasteiger partial charge in [0.15, 0.2) is 4.34 Å². The SMILES string of the molecule is O=C(CSc1nnc(NCc2ccco2)s1)N1CCN(S(=O)(=O)c2ccccc2F)CC1. The molecule has 32 heavy (non-hydrogen) atoms. The molecule has 1 aromatic carbocycles. The van der Waals surface area contributed by atoms with Crippen molar-refractivity contribution < 1.29 is 22.0 Å². The number of hydrogen-bond acceptors (Lipinski definition) is 9. The van der Waals surface area contributed by atoms with E-state index in [0.29, 0.717) is 16.0 Å². The quantitative estimate of drug-likeness (QED) is 0.473. The fourth-order valence-corrected chi connectivity index (χ4v) is 6.24. The van der Waals surface area contributed by atoms with Crippen LogP contribution >= 0.6 is 23.1 Å². The molecule has 0 unspecified atom stereocenters. The number of sulfonamides is 1. The van der Waals surface area contributed by atoms with Crippen LogP contribution in [0.15, 0.2) is 56.3 Å². The summed E-state index contributed by atoms with van der Waals surface area (Å²) >= 11 is 2.62. The third kappa shape index (κ3) is 5.28. The molecule has 3 heterocycles. The van der Waals surface area contributed by atoms with Crippen molar-refractivity contribution in [3.05, 3.63) is 54.2 Å². The zero-order valence-corrected chi connectivity index (χ0v) is 19.3. The molecule has 1 aliphatic rings. The lowest BCUT2D eigenvalue weighted by Crippen LogP contribution is -2.51. The number of halogens is 1. The van der Waals surface area contributed by atoms with Gasteiger partial charge in [-0.05, 0) is 24.3 Å². The van der Waals surface area contributed by atoms with E-state index in [-0.39, 0.29) is 42.7 Å². The molecule has 0 spiro atoms. The average Bonchev–Trinajstić information content (AvgIpc) is 3.48. The van der Waals surface area contributed by atoms with Crippen molar-refractivity contribution >= 4 is 44.2 Å². The van der Waals surface area contributed by atoms with E-state index in [0.717, 1.165) is 11.8 Å². The van der Waals surface area contributed by atoms with Crippen LogP contribution in [0.3, 0.4) is 0 Å². The van der Waals surface area contributed by atoms with Gasteiger partial charge >= 0.3 is 0 Å². The zero-order valence-electron chi connectivity index (χ0n) is 16.8. The number of thioether (sulfide) groups is 1. The summed E-state index contributed by atoms with van der Waals surface area (Å²) in [6, 6.07) is 8.95. The number of carbonyl (C=O) groups excluding carboxylic acids is 1. The maximum atomic E-state index is 13.9. The fraction of sp³-hybridized carbons (Fsp3) is 0.316. The van der Waals surface area contributed by atoms with Gasteiger partial charge in [-0.25, -0.2) is 12.8 Å². The van der Waals surface area contributed by atoms with Crippen molar-refractivity contribution in [3.8, 4) is 0 Å². The second-order valence-electron chi connectivity index (χ2n) is 6.81. The van der Waals surface area contributed by atoms with E-state index in [1.165, 1.54) is 45.6 Å². The van der Waals surface area contributed by atoms with Crippen molar-refractivity contribution in [2.75, 3.05) is 37.2 Å². The molecule has 13 heteroatoms. The van der Waals surface area contributed by atoms with Crippen molar-refractivity contribution in [2.24, 2.45) is 0 Å². The lowest BCUT2D eigenvalue weighted by molar-refractivity contribution is -0.129. The molecule has 0 saturated carbocycles. The molecule has 9 nitrogen and oxygen atoms in total.